The van der Waals surface area contributed by atoms with Gasteiger partial charge in [-0.1, -0.05) is 0 Å². The average molecular weight is 263 g/mol. The van der Waals surface area contributed by atoms with E-state index in [2.05, 4.69) is 22.0 Å². The summed E-state index contributed by atoms with van der Waals surface area (Å²) >= 11 is 0. The van der Waals surface area contributed by atoms with Crippen molar-refractivity contribution in [1.29, 1.82) is 0 Å². The minimum atomic E-state index is -3.14. The molecular weight excluding hydrogens is 238 g/mol. The van der Waals surface area contributed by atoms with Crippen LogP contribution in [0.3, 0.4) is 0 Å². The number of nitrogens with zero attached hydrogens (tertiary/aromatic N) is 1. The van der Waals surface area contributed by atoms with Crippen LogP contribution in [0.25, 0.3) is 0 Å². The topological polar surface area (TPSA) is 61.4 Å². The molecule has 2 N–H and O–H groups in total. The van der Waals surface area contributed by atoms with Crippen LogP contribution in [0.5, 0.6) is 0 Å². The van der Waals surface area contributed by atoms with Gasteiger partial charge in [0.2, 0.25) is 10.0 Å². The number of rotatable bonds is 5. The van der Waals surface area contributed by atoms with Crippen LogP contribution in [0.4, 0.5) is 0 Å². The van der Waals surface area contributed by atoms with Crippen molar-refractivity contribution in [3.8, 4) is 0 Å². The van der Waals surface area contributed by atoms with E-state index < -0.39 is 15.6 Å². The molecule has 0 radical (unpaired) electrons. The summed E-state index contributed by atoms with van der Waals surface area (Å²) in [5.41, 5.74) is -0.434. The first-order valence-electron chi connectivity index (χ1n) is 6.09. The molecule has 1 fully saturated rings. The molecular formula is C11H25N3O2S. The Kier molecular flexibility index (Phi) is 4.95. The molecule has 102 valence electrons. The standard InChI is InChI=1S/C11H25N3O2S/c1-11(2,13-17(4,15)16)9-12-10-5-7-14(3)8-6-10/h10,12-13H,5-9H2,1-4H3. The van der Waals surface area contributed by atoms with E-state index in [1.54, 1.807) is 0 Å². The molecule has 6 heteroatoms. The van der Waals surface area contributed by atoms with Gasteiger partial charge in [0.1, 0.15) is 0 Å². The van der Waals surface area contributed by atoms with Crippen molar-refractivity contribution in [2.24, 2.45) is 0 Å². The van der Waals surface area contributed by atoms with Crippen LogP contribution in [-0.2, 0) is 10.0 Å². The average Bonchev–Trinajstić information content (AvgIpc) is 2.13. The molecule has 1 rings (SSSR count). The highest BCUT2D eigenvalue weighted by Crippen LogP contribution is 2.10. The summed E-state index contributed by atoms with van der Waals surface area (Å²) in [4.78, 5) is 2.32. The van der Waals surface area contributed by atoms with Crippen molar-refractivity contribution < 1.29 is 8.42 Å². The highest BCUT2D eigenvalue weighted by molar-refractivity contribution is 7.88. The van der Waals surface area contributed by atoms with Gasteiger partial charge in [0, 0.05) is 18.1 Å². The number of hydrogen-bond acceptors (Lipinski definition) is 4. The van der Waals surface area contributed by atoms with Crippen LogP contribution in [0.15, 0.2) is 0 Å². The zero-order valence-electron chi connectivity index (χ0n) is 11.3. The van der Waals surface area contributed by atoms with Gasteiger partial charge in [0.25, 0.3) is 0 Å². The first kappa shape index (κ1) is 14.9. The zero-order chi connectivity index (χ0) is 13.1. The number of likely N-dealkylation sites (tertiary alicyclic amines) is 1. The zero-order valence-corrected chi connectivity index (χ0v) is 12.1. The molecule has 1 heterocycles. The van der Waals surface area contributed by atoms with Gasteiger partial charge in [0.05, 0.1) is 6.26 Å². The Morgan fingerprint density at radius 2 is 1.82 bits per heavy atom. The molecule has 0 atom stereocenters. The van der Waals surface area contributed by atoms with Crippen LogP contribution < -0.4 is 10.0 Å². The molecule has 17 heavy (non-hydrogen) atoms. The third kappa shape index (κ3) is 6.35. The van der Waals surface area contributed by atoms with Gasteiger partial charge < -0.3 is 10.2 Å². The Hall–Kier alpha value is -0.170. The number of piperidine rings is 1. The van der Waals surface area contributed by atoms with E-state index in [0.29, 0.717) is 12.6 Å². The predicted octanol–water partition coefficient (Wildman–Crippen LogP) is -0.00200. The van der Waals surface area contributed by atoms with E-state index in [9.17, 15) is 8.42 Å². The second-order valence-electron chi connectivity index (χ2n) is 5.72. The Labute approximate surface area is 105 Å². The van der Waals surface area contributed by atoms with Crippen LogP contribution in [0.1, 0.15) is 26.7 Å². The quantitative estimate of drug-likeness (QED) is 0.733. The summed E-state index contributed by atoms with van der Waals surface area (Å²) in [7, 11) is -1.01. The largest absolute Gasteiger partial charge is 0.312 e. The summed E-state index contributed by atoms with van der Waals surface area (Å²) in [6.07, 6.45) is 3.46. The molecule has 0 saturated carbocycles. The Morgan fingerprint density at radius 1 is 1.29 bits per heavy atom. The summed E-state index contributed by atoms with van der Waals surface area (Å²) in [5, 5.41) is 3.45. The van der Waals surface area contributed by atoms with Crippen molar-refractivity contribution in [2.45, 2.75) is 38.3 Å². The molecule has 5 nitrogen and oxygen atoms in total. The molecule has 1 saturated heterocycles. The molecule has 0 unspecified atom stereocenters. The highest BCUT2D eigenvalue weighted by Gasteiger charge is 2.24. The SMILES string of the molecule is CN1CCC(NCC(C)(C)NS(C)(=O)=O)CC1. The lowest BCUT2D eigenvalue weighted by Gasteiger charge is -2.33. The minimum absolute atomic E-state index is 0.434. The lowest BCUT2D eigenvalue weighted by molar-refractivity contribution is 0.227. The van der Waals surface area contributed by atoms with Crippen LogP contribution >= 0.6 is 0 Å². The van der Waals surface area contributed by atoms with Gasteiger partial charge in [0.15, 0.2) is 0 Å². The first-order valence-corrected chi connectivity index (χ1v) is 7.98. The third-order valence-corrected chi connectivity index (χ3v) is 3.94. The lowest BCUT2D eigenvalue weighted by atomic mass is 10.0. The molecule has 1 aliphatic rings. The third-order valence-electron chi connectivity index (χ3n) is 3.01. The summed E-state index contributed by atoms with van der Waals surface area (Å²) in [6.45, 7) is 6.68. The molecule has 0 aliphatic carbocycles. The summed E-state index contributed by atoms with van der Waals surface area (Å²) < 4.78 is 25.0. The van der Waals surface area contributed by atoms with Crippen LogP contribution in [0, 0.1) is 0 Å². The van der Waals surface area contributed by atoms with Crippen molar-refractivity contribution in [3.63, 3.8) is 0 Å². The summed E-state index contributed by atoms with van der Waals surface area (Å²) in [5.74, 6) is 0. The van der Waals surface area contributed by atoms with E-state index in [1.807, 2.05) is 13.8 Å². The fourth-order valence-electron chi connectivity index (χ4n) is 2.15. The van der Waals surface area contributed by atoms with Crippen LogP contribution in [-0.4, -0.2) is 57.8 Å². The molecule has 1 aliphatic heterocycles. The maximum Gasteiger partial charge on any atom is 0.209 e. The second kappa shape index (κ2) is 5.65. The Balaban J connectivity index is 2.34. The van der Waals surface area contributed by atoms with Crippen molar-refractivity contribution in [1.82, 2.24) is 14.9 Å². The van der Waals surface area contributed by atoms with E-state index in [4.69, 9.17) is 0 Å². The maximum atomic E-state index is 11.2. The highest BCUT2D eigenvalue weighted by atomic mass is 32.2. The first-order chi connectivity index (χ1) is 7.68. The molecule has 0 aromatic heterocycles. The van der Waals surface area contributed by atoms with Gasteiger partial charge >= 0.3 is 0 Å². The Morgan fingerprint density at radius 3 is 2.29 bits per heavy atom. The van der Waals surface area contributed by atoms with E-state index >= 15 is 0 Å². The second-order valence-corrected chi connectivity index (χ2v) is 7.47. The Bertz CT molecular complexity index is 333. The fraction of sp³-hybridized carbons (Fsp3) is 1.00. The minimum Gasteiger partial charge on any atom is -0.312 e. The van der Waals surface area contributed by atoms with Gasteiger partial charge in [-0.15, -0.1) is 0 Å². The van der Waals surface area contributed by atoms with Crippen molar-refractivity contribution >= 4 is 10.0 Å². The normalized spacial score (nSPS) is 20.7. The van der Waals surface area contributed by atoms with Gasteiger partial charge in [-0.05, 0) is 46.8 Å². The molecule has 0 aromatic rings. The van der Waals surface area contributed by atoms with Crippen LogP contribution in [0.2, 0.25) is 0 Å². The van der Waals surface area contributed by atoms with E-state index in [0.717, 1.165) is 25.9 Å². The maximum absolute atomic E-state index is 11.2. The molecule has 0 bridgehead atoms. The summed E-state index contributed by atoms with van der Waals surface area (Å²) in [6, 6.07) is 0.506. The fourth-order valence-corrected chi connectivity index (χ4v) is 3.23. The number of hydrogen-bond donors (Lipinski definition) is 2. The smallest absolute Gasteiger partial charge is 0.209 e. The van der Waals surface area contributed by atoms with Gasteiger partial charge in [-0.2, -0.15) is 0 Å². The predicted molar refractivity (Wildman–Crippen MR) is 70.6 cm³/mol. The molecule has 0 spiro atoms. The molecule has 0 amide bonds. The van der Waals surface area contributed by atoms with E-state index in [1.165, 1.54) is 6.26 Å². The van der Waals surface area contributed by atoms with Gasteiger partial charge in [-0.3, -0.25) is 0 Å². The molecule has 0 aromatic carbocycles. The monoisotopic (exact) mass is 263 g/mol. The van der Waals surface area contributed by atoms with Gasteiger partial charge in [-0.25, -0.2) is 13.1 Å². The van der Waals surface area contributed by atoms with E-state index in [-0.39, 0.29) is 0 Å². The number of sulfonamides is 1. The van der Waals surface area contributed by atoms with Crippen molar-refractivity contribution in [3.05, 3.63) is 0 Å². The van der Waals surface area contributed by atoms with Crippen molar-refractivity contribution in [2.75, 3.05) is 32.9 Å². The lowest BCUT2D eigenvalue weighted by Crippen LogP contribution is -2.53. The number of nitrogens with one attached hydrogen (secondary N) is 2.